The average molecular weight is 517 g/mol. The molecule has 6 rings (SSSR count). The number of aromatic nitrogens is 2. The summed E-state index contributed by atoms with van der Waals surface area (Å²) in [6, 6.07) is 12.4. The van der Waals surface area contributed by atoms with Gasteiger partial charge in [0.15, 0.2) is 11.6 Å². The van der Waals surface area contributed by atoms with E-state index >= 15 is 0 Å². The number of fused-ring (bicyclic) bond motifs is 2. The van der Waals surface area contributed by atoms with E-state index in [2.05, 4.69) is 64.1 Å². The number of pyridine rings is 2. The van der Waals surface area contributed by atoms with Crippen molar-refractivity contribution in [3.63, 3.8) is 0 Å². The van der Waals surface area contributed by atoms with Crippen molar-refractivity contribution < 1.29 is 18.9 Å². The van der Waals surface area contributed by atoms with Crippen LogP contribution in [-0.2, 0) is 18.9 Å². The maximum absolute atomic E-state index is 6.56. The van der Waals surface area contributed by atoms with Crippen LogP contribution in [0.5, 0.6) is 0 Å². The van der Waals surface area contributed by atoms with Crippen molar-refractivity contribution in [1.29, 1.82) is 0 Å². The van der Waals surface area contributed by atoms with Gasteiger partial charge < -0.3 is 18.9 Å². The van der Waals surface area contributed by atoms with Crippen LogP contribution in [0.4, 0.5) is 0 Å². The molecule has 4 heterocycles. The number of hydrogen-bond donors (Lipinski definition) is 0. The largest absolute Gasteiger partial charge is 0.344 e. The Bertz CT molecular complexity index is 1130. The zero-order valence-electron chi connectivity index (χ0n) is 23.1. The quantitative estimate of drug-likeness (QED) is 0.391. The predicted octanol–water partition coefficient (Wildman–Crippen LogP) is 7.10. The highest BCUT2D eigenvalue weighted by Crippen LogP contribution is 2.45. The number of ether oxygens (including phenoxy) is 4. The third-order valence-electron chi connectivity index (χ3n) is 8.84. The number of hydrogen-bond acceptors (Lipinski definition) is 6. The topological polar surface area (TPSA) is 62.7 Å². The van der Waals surface area contributed by atoms with E-state index in [1.165, 1.54) is 0 Å². The van der Waals surface area contributed by atoms with Crippen molar-refractivity contribution in [2.75, 3.05) is 0 Å². The molecule has 6 nitrogen and oxygen atoms in total. The van der Waals surface area contributed by atoms with Crippen LogP contribution < -0.4 is 0 Å². The van der Waals surface area contributed by atoms with Crippen LogP contribution in [-0.4, -0.2) is 46.0 Å². The minimum atomic E-state index is -0.489. The van der Waals surface area contributed by atoms with Crippen LogP contribution >= 0.6 is 0 Å². The molecule has 0 amide bonds. The van der Waals surface area contributed by atoms with Crippen molar-refractivity contribution in [3.05, 3.63) is 59.9 Å². The van der Waals surface area contributed by atoms with Crippen molar-refractivity contribution in [1.82, 2.24) is 9.97 Å². The summed E-state index contributed by atoms with van der Waals surface area (Å²) in [7, 11) is 0. The Balaban J connectivity index is 1.28. The Hall–Kier alpha value is -2.38. The Morgan fingerprint density at radius 1 is 0.605 bits per heavy atom. The van der Waals surface area contributed by atoms with Gasteiger partial charge in [-0.3, -0.25) is 0 Å². The van der Waals surface area contributed by atoms with Gasteiger partial charge in [-0.15, -0.1) is 0 Å². The fraction of sp³-hybridized carbons (Fsp3) is 0.562. The second-order valence-electron chi connectivity index (χ2n) is 10.9. The SMILES string of the molecule is CCC1(CC)O[C@H]2CCC=C(c3cccc(-c4cccc(C5=CCC[C@@H]6OC(CC)(CC)O[C@H]56)n4)n3)[C@H]2O1. The molecule has 2 aliphatic heterocycles. The first kappa shape index (κ1) is 25.9. The van der Waals surface area contributed by atoms with E-state index in [1.807, 2.05) is 12.1 Å². The van der Waals surface area contributed by atoms with Crippen LogP contribution in [0.2, 0.25) is 0 Å². The van der Waals surface area contributed by atoms with E-state index in [-0.39, 0.29) is 24.4 Å². The van der Waals surface area contributed by atoms with Gasteiger partial charge in [-0.05, 0) is 75.6 Å². The summed E-state index contributed by atoms with van der Waals surface area (Å²) in [6.45, 7) is 8.55. The minimum Gasteiger partial charge on any atom is -0.344 e. The van der Waals surface area contributed by atoms with E-state index in [0.29, 0.717) is 0 Å². The molecule has 2 aliphatic carbocycles. The maximum atomic E-state index is 6.56. The summed E-state index contributed by atoms with van der Waals surface area (Å²) >= 11 is 0. The summed E-state index contributed by atoms with van der Waals surface area (Å²) in [5.74, 6) is -0.978. The van der Waals surface area contributed by atoms with Crippen LogP contribution in [0, 0.1) is 0 Å². The Labute approximate surface area is 226 Å². The number of rotatable bonds is 7. The molecule has 0 aromatic carbocycles. The molecule has 2 fully saturated rings. The molecule has 2 aromatic rings. The highest BCUT2D eigenvalue weighted by atomic mass is 16.8. The highest BCUT2D eigenvalue weighted by Gasteiger charge is 2.49. The van der Waals surface area contributed by atoms with Gasteiger partial charge in [-0.2, -0.15) is 0 Å². The zero-order valence-corrected chi connectivity index (χ0v) is 23.1. The molecule has 2 saturated heterocycles. The summed E-state index contributed by atoms with van der Waals surface area (Å²) in [6.07, 6.45) is 11.9. The molecule has 202 valence electrons. The van der Waals surface area contributed by atoms with Crippen molar-refractivity contribution in [2.45, 2.75) is 115 Å². The maximum Gasteiger partial charge on any atom is 0.169 e. The van der Waals surface area contributed by atoms with E-state index in [0.717, 1.165) is 85.3 Å². The van der Waals surface area contributed by atoms with E-state index < -0.39 is 11.6 Å². The summed E-state index contributed by atoms with van der Waals surface area (Å²) in [5, 5.41) is 0. The molecular formula is C32H40N2O4. The van der Waals surface area contributed by atoms with Crippen molar-refractivity contribution in [3.8, 4) is 11.4 Å². The second-order valence-corrected chi connectivity index (χ2v) is 10.9. The van der Waals surface area contributed by atoms with Gasteiger partial charge in [0.1, 0.15) is 12.2 Å². The molecule has 0 N–H and O–H groups in total. The predicted molar refractivity (Wildman–Crippen MR) is 148 cm³/mol. The van der Waals surface area contributed by atoms with Crippen molar-refractivity contribution in [2.24, 2.45) is 0 Å². The van der Waals surface area contributed by atoms with Crippen LogP contribution in [0.3, 0.4) is 0 Å². The summed E-state index contributed by atoms with van der Waals surface area (Å²) in [4.78, 5) is 10.2. The summed E-state index contributed by atoms with van der Waals surface area (Å²) in [5.41, 5.74) is 5.86. The first-order valence-corrected chi connectivity index (χ1v) is 14.6. The molecule has 0 saturated carbocycles. The molecule has 0 spiro atoms. The lowest BCUT2D eigenvalue weighted by molar-refractivity contribution is -0.175. The fourth-order valence-electron chi connectivity index (χ4n) is 6.48. The van der Waals surface area contributed by atoms with Crippen LogP contribution in [0.15, 0.2) is 48.6 Å². The molecule has 0 unspecified atom stereocenters. The Morgan fingerprint density at radius 2 is 1.00 bits per heavy atom. The third kappa shape index (κ3) is 4.45. The van der Waals surface area contributed by atoms with Gasteiger partial charge in [-0.1, -0.05) is 52.0 Å². The average Bonchev–Trinajstić information content (AvgIpc) is 3.56. The van der Waals surface area contributed by atoms with E-state index in [9.17, 15) is 0 Å². The second kappa shape index (κ2) is 10.3. The van der Waals surface area contributed by atoms with Gasteiger partial charge in [0.05, 0.1) is 35.0 Å². The molecule has 0 bridgehead atoms. The zero-order chi connectivity index (χ0) is 26.3. The molecular weight excluding hydrogens is 476 g/mol. The summed E-state index contributed by atoms with van der Waals surface area (Å²) < 4.78 is 26.0. The van der Waals surface area contributed by atoms with E-state index in [1.54, 1.807) is 0 Å². The molecule has 2 aromatic heterocycles. The molecule has 4 atom stereocenters. The van der Waals surface area contributed by atoms with Gasteiger partial charge >= 0.3 is 0 Å². The normalized spacial score (nSPS) is 29.4. The van der Waals surface area contributed by atoms with Gasteiger partial charge in [0, 0.05) is 11.1 Å². The van der Waals surface area contributed by atoms with Gasteiger partial charge in [0.2, 0.25) is 0 Å². The number of nitrogens with zero attached hydrogens (tertiary/aromatic N) is 2. The van der Waals surface area contributed by atoms with Crippen LogP contribution in [0.25, 0.3) is 22.5 Å². The van der Waals surface area contributed by atoms with Crippen LogP contribution in [0.1, 0.15) is 90.4 Å². The van der Waals surface area contributed by atoms with Crippen molar-refractivity contribution >= 4 is 11.1 Å². The lowest BCUT2D eigenvalue weighted by atomic mass is 9.91. The fourth-order valence-corrected chi connectivity index (χ4v) is 6.48. The molecule has 6 heteroatoms. The highest BCUT2D eigenvalue weighted by molar-refractivity contribution is 5.72. The first-order chi connectivity index (χ1) is 18.5. The Kier molecular flexibility index (Phi) is 7.02. The first-order valence-electron chi connectivity index (χ1n) is 14.6. The number of allylic oxidation sites excluding steroid dienone is 2. The lowest BCUT2D eigenvalue weighted by Gasteiger charge is -2.25. The standard InChI is InChI=1S/C32H40N2O4/c1-5-31(6-2)35-27-19-9-13-21(29(27)37-31)23-15-11-17-25(33-23)26-18-12-16-24(34-26)22-14-10-20-28-30(22)38-32(7-3,8-4)36-28/h11-18,27-30H,5-10,19-20H2,1-4H3/t27-,28-,29+,30+/m0/s1. The third-order valence-corrected chi connectivity index (χ3v) is 8.84. The monoisotopic (exact) mass is 516 g/mol. The minimum absolute atomic E-state index is 0.0769. The Morgan fingerprint density at radius 3 is 1.39 bits per heavy atom. The lowest BCUT2D eigenvalue weighted by Crippen LogP contribution is -2.29. The molecule has 4 aliphatic rings. The van der Waals surface area contributed by atoms with E-state index in [4.69, 9.17) is 28.9 Å². The van der Waals surface area contributed by atoms with Gasteiger partial charge in [0.25, 0.3) is 0 Å². The van der Waals surface area contributed by atoms with Gasteiger partial charge in [-0.25, -0.2) is 9.97 Å². The molecule has 38 heavy (non-hydrogen) atoms. The molecule has 0 radical (unpaired) electrons. The smallest absolute Gasteiger partial charge is 0.169 e.